The molecule has 1 saturated heterocycles. The number of anilines is 1. The van der Waals surface area contributed by atoms with Crippen molar-refractivity contribution in [3.8, 4) is 0 Å². The smallest absolute Gasteiger partial charge is 0.269 e. The maximum atomic E-state index is 12.2. The molecule has 0 bridgehead atoms. The number of amides is 1. The molecule has 1 aliphatic heterocycles. The number of aromatic amines is 1. The molecule has 3 aromatic rings. The average Bonchev–Trinajstić information content (AvgIpc) is 2.79. The lowest BCUT2D eigenvalue weighted by atomic mass is 10.1. The van der Waals surface area contributed by atoms with Crippen LogP contribution in [0.15, 0.2) is 41.5 Å². The van der Waals surface area contributed by atoms with E-state index < -0.39 is 12.9 Å². The summed E-state index contributed by atoms with van der Waals surface area (Å²) in [6.07, 6.45) is 4.15. The van der Waals surface area contributed by atoms with Gasteiger partial charge in [-0.25, -0.2) is 4.98 Å². The Labute approximate surface area is 191 Å². The number of piperazine rings is 1. The first-order valence-corrected chi connectivity index (χ1v) is 10.8. The predicted octanol–water partition coefficient (Wildman–Crippen LogP) is 2.34. The number of aromatic nitrogens is 3. The van der Waals surface area contributed by atoms with Crippen molar-refractivity contribution in [2.45, 2.75) is 45.8 Å². The number of hydrogen-bond acceptors (Lipinski definition) is 6. The highest BCUT2D eigenvalue weighted by atomic mass is 16.1. The fraction of sp³-hybridized carbons (Fsp3) is 0.417. The molecule has 2 atom stereocenters. The monoisotopic (exact) mass is 437 g/mol. The van der Waals surface area contributed by atoms with Crippen molar-refractivity contribution in [1.29, 1.82) is 0 Å². The fourth-order valence-corrected chi connectivity index (χ4v) is 4.28. The first kappa shape index (κ1) is 18.3. The van der Waals surface area contributed by atoms with Gasteiger partial charge in [0.25, 0.3) is 11.5 Å². The number of fused-ring (bicyclic) bond motifs is 1. The van der Waals surface area contributed by atoms with E-state index in [1.165, 1.54) is 0 Å². The summed E-state index contributed by atoms with van der Waals surface area (Å²) < 4.78 is 21.5. The molecule has 1 aliphatic rings. The van der Waals surface area contributed by atoms with E-state index in [1.807, 2.05) is 30.6 Å². The van der Waals surface area contributed by atoms with Crippen LogP contribution in [0, 0.1) is 0 Å². The first-order chi connectivity index (χ1) is 16.5. The Morgan fingerprint density at radius 1 is 1.22 bits per heavy atom. The lowest BCUT2D eigenvalue weighted by molar-refractivity contribution is 0.0958. The van der Waals surface area contributed by atoms with Crippen molar-refractivity contribution >= 4 is 22.6 Å². The second kappa shape index (κ2) is 9.08. The van der Waals surface area contributed by atoms with Crippen LogP contribution in [0.5, 0.6) is 0 Å². The van der Waals surface area contributed by atoms with Gasteiger partial charge in [0.2, 0.25) is 0 Å². The maximum Gasteiger partial charge on any atom is 0.269 e. The number of nitrogens with one attached hydrogen (secondary N) is 2. The zero-order chi connectivity index (χ0) is 25.3. The largest absolute Gasteiger partial charge is 0.365 e. The number of carbonyl (C=O) groups excluding carboxylic acids is 1. The Morgan fingerprint density at radius 2 is 2.06 bits per heavy atom. The maximum absolute atomic E-state index is 12.2. The van der Waals surface area contributed by atoms with Gasteiger partial charge in [0.1, 0.15) is 5.69 Å². The van der Waals surface area contributed by atoms with E-state index in [0.717, 1.165) is 40.9 Å². The molecule has 3 aromatic heterocycles. The number of aryl methyl sites for hydroxylation is 1. The Balaban J connectivity index is 1.44. The van der Waals surface area contributed by atoms with Gasteiger partial charge in [-0.2, -0.15) is 0 Å². The summed E-state index contributed by atoms with van der Waals surface area (Å²) >= 11 is 0. The molecule has 0 aromatic carbocycles. The van der Waals surface area contributed by atoms with E-state index in [0.29, 0.717) is 13.0 Å². The van der Waals surface area contributed by atoms with Crippen LogP contribution >= 0.6 is 0 Å². The van der Waals surface area contributed by atoms with E-state index in [1.54, 1.807) is 18.3 Å². The Hall–Kier alpha value is -3.26. The Kier molecular flexibility index (Phi) is 5.20. The molecule has 0 spiro atoms. The lowest BCUT2D eigenvalue weighted by Crippen LogP contribution is -2.56. The minimum Gasteiger partial charge on any atom is -0.365 e. The van der Waals surface area contributed by atoms with Crippen LogP contribution in [0.4, 0.5) is 5.69 Å². The van der Waals surface area contributed by atoms with E-state index in [4.69, 9.17) is 4.11 Å². The highest BCUT2D eigenvalue weighted by molar-refractivity contribution is 5.92. The molecule has 8 heteroatoms. The third-order valence-electron chi connectivity index (χ3n) is 6.13. The van der Waals surface area contributed by atoms with Gasteiger partial charge in [-0.1, -0.05) is 6.92 Å². The van der Waals surface area contributed by atoms with Crippen molar-refractivity contribution in [2.75, 3.05) is 25.0 Å². The van der Waals surface area contributed by atoms with Crippen molar-refractivity contribution in [2.24, 2.45) is 0 Å². The number of nitrogens with zero attached hydrogens (tertiary/aromatic N) is 4. The minimum atomic E-state index is -2.55. The standard InChI is InChI=1S/C24H30N6O2/c1-5-18-9-21-22(28-23(18)31)8-17(10-26-21)14-29-12-16(3)30(13-15(29)2)19-6-7-20(27-11-19)24(32)25-4/h6-11,15-16H,5,12-14H2,1-4H3,(H,25,32)(H,28,31)/t15-,16+/m0/s1/i4D3. The van der Waals surface area contributed by atoms with Crippen LogP contribution in [0.2, 0.25) is 0 Å². The van der Waals surface area contributed by atoms with Gasteiger partial charge in [-0.15, -0.1) is 0 Å². The van der Waals surface area contributed by atoms with E-state index in [-0.39, 0.29) is 23.3 Å². The van der Waals surface area contributed by atoms with Gasteiger partial charge in [-0.05, 0) is 50.1 Å². The molecule has 4 heterocycles. The quantitative estimate of drug-likeness (QED) is 0.636. The number of hydrogen-bond donors (Lipinski definition) is 2. The molecule has 2 N–H and O–H groups in total. The molecule has 1 amide bonds. The molecule has 0 unspecified atom stereocenters. The van der Waals surface area contributed by atoms with Crippen LogP contribution in [0.1, 0.15) is 46.5 Å². The number of pyridine rings is 3. The van der Waals surface area contributed by atoms with Gasteiger partial charge in [0.05, 0.1) is 22.9 Å². The summed E-state index contributed by atoms with van der Waals surface area (Å²) in [7, 11) is 0. The highest BCUT2D eigenvalue weighted by Crippen LogP contribution is 2.24. The van der Waals surface area contributed by atoms with Crippen LogP contribution in [0.3, 0.4) is 0 Å². The minimum absolute atomic E-state index is 0.0647. The van der Waals surface area contributed by atoms with Crippen molar-refractivity contribution in [3.63, 3.8) is 0 Å². The third-order valence-corrected chi connectivity index (χ3v) is 6.13. The topological polar surface area (TPSA) is 94.2 Å². The lowest BCUT2D eigenvalue weighted by Gasteiger charge is -2.45. The van der Waals surface area contributed by atoms with Crippen LogP contribution in [-0.2, 0) is 13.0 Å². The van der Waals surface area contributed by atoms with Gasteiger partial charge in [0, 0.05) is 54.6 Å². The van der Waals surface area contributed by atoms with Crippen LogP contribution in [0.25, 0.3) is 11.0 Å². The summed E-state index contributed by atoms with van der Waals surface area (Å²) in [6, 6.07) is 7.63. The van der Waals surface area contributed by atoms with Crippen LogP contribution < -0.4 is 15.8 Å². The van der Waals surface area contributed by atoms with E-state index >= 15 is 0 Å². The normalized spacial score (nSPS) is 21.1. The predicted molar refractivity (Wildman–Crippen MR) is 126 cm³/mol. The molecule has 4 rings (SSSR count). The average molecular weight is 438 g/mol. The zero-order valence-electron chi connectivity index (χ0n) is 21.6. The van der Waals surface area contributed by atoms with Crippen LogP contribution in [-0.4, -0.2) is 57.9 Å². The fourth-order valence-electron chi connectivity index (χ4n) is 4.28. The summed E-state index contributed by atoms with van der Waals surface area (Å²) in [6.45, 7) is 5.99. The molecule has 8 nitrogen and oxygen atoms in total. The third kappa shape index (κ3) is 4.36. The number of rotatable bonds is 5. The molecule has 0 saturated carbocycles. The van der Waals surface area contributed by atoms with Crippen molar-refractivity contribution < 1.29 is 8.91 Å². The molecular formula is C24H30N6O2. The van der Waals surface area contributed by atoms with Gasteiger partial charge >= 0.3 is 0 Å². The summed E-state index contributed by atoms with van der Waals surface area (Å²) in [4.78, 5) is 40.5. The molecular weight excluding hydrogens is 404 g/mol. The SMILES string of the molecule is [2H]C([2H])([2H])NC(=O)c1ccc(N2C[C@H](C)N(Cc3cnc4cc(CC)c(=O)[nH]c4c3)C[C@H]2C)cn1. The molecule has 1 fully saturated rings. The zero-order valence-corrected chi connectivity index (χ0v) is 18.6. The van der Waals surface area contributed by atoms with Crippen molar-refractivity contribution in [1.82, 2.24) is 25.2 Å². The molecule has 168 valence electrons. The Morgan fingerprint density at radius 3 is 2.78 bits per heavy atom. The molecule has 0 aliphatic carbocycles. The van der Waals surface area contributed by atoms with Gasteiger partial charge < -0.3 is 15.2 Å². The molecule has 0 radical (unpaired) electrons. The summed E-state index contributed by atoms with van der Waals surface area (Å²) in [5.41, 5.74) is 4.19. The number of H-pyrrole nitrogens is 1. The molecule has 32 heavy (non-hydrogen) atoms. The Bertz CT molecular complexity index is 1270. The summed E-state index contributed by atoms with van der Waals surface area (Å²) in [5.74, 6) is -0.723. The first-order valence-electron chi connectivity index (χ1n) is 12.3. The number of carbonyl (C=O) groups is 1. The second-order valence-electron chi connectivity index (χ2n) is 8.39. The van der Waals surface area contributed by atoms with Gasteiger partial charge in [0.15, 0.2) is 0 Å². The second-order valence-corrected chi connectivity index (χ2v) is 8.39. The highest BCUT2D eigenvalue weighted by Gasteiger charge is 2.29. The van der Waals surface area contributed by atoms with Gasteiger partial charge in [-0.3, -0.25) is 19.5 Å². The van der Waals surface area contributed by atoms with Crippen molar-refractivity contribution in [3.05, 3.63) is 63.8 Å². The van der Waals surface area contributed by atoms with E-state index in [2.05, 4.69) is 38.6 Å². The summed E-state index contributed by atoms with van der Waals surface area (Å²) in [5, 5.41) is 1.95. The van der Waals surface area contributed by atoms with E-state index in [9.17, 15) is 9.59 Å².